The van der Waals surface area contributed by atoms with Gasteiger partial charge in [-0.05, 0) is 61.2 Å². The summed E-state index contributed by atoms with van der Waals surface area (Å²) in [5.41, 5.74) is 5.05. The van der Waals surface area contributed by atoms with Crippen molar-refractivity contribution in [2.24, 2.45) is 0 Å². The van der Waals surface area contributed by atoms with E-state index in [1.807, 2.05) is 38.1 Å². The lowest BCUT2D eigenvalue weighted by molar-refractivity contribution is -0.116. The summed E-state index contributed by atoms with van der Waals surface area (Å²) in [5, 5.41) is 6.91. The first kappa shape index (κ1) is 20.5. The van der Waals surface area contributed by atoms with Gasteiger partial charge in [0.1, 0.15) is 11.5 Å². The zero-order valence-corrected chi connectivity index (χ0v) is 17.4. The van der Waals surface area contributed by atoms with Gasteiger partial charge >= 0.3 is 0 Å². The van der Waals surface area contributed by atoms with Crippen molar-refractivity contribution in [2.45, 2.75) is 26.7 Å². The third kappa shape index (κ3) is 4.53. The average molecular weight is 415 g/mol. The molecule has 2 aromatic heterocycles. The highest BCUT2D eigenvalue weighted by atomic mass is 19.1. The Morgan fingerprint density at radius 3 is 2.61 bits per heavy atom. The molecule has 0 saturated carbocycles. The van der Waals surface area contributed by atoms with Crippen LogP contribution in [0.4, 0.5) is 10.3 Å². The summed E-state index contributed by atoms with van der Waals surface area (Å²) < 4.78 is 20.1. The fourth-order valence-electron chi connectivity index (χ4n) is 3.49. The van der Waals surface area contributed by atoms with Crippen molar-refractivity contribution in [3.63, 3.8) is 0 Å². The van der Waals surface area contributed by atoms with Crippen LogP contribution >= 0.6 is 0 Å². The number of anilines is 1. The summed E-state index contributed by atoms with van der Waals surface area (Å²) >= 11 is 0. The highest BCUT2D eigenvalue weighted by Gasteiger charge is 2.23. The third-order valence-corrected chi connectivity index (χ3v) is 5.17. The maximum Gasteiger partial charge on any atom is 0.239 e. The van der Waals surface area contributed by atoms with Crippen LogP contribution in [-0.2, 0) is 11.2 Å². The van der Waals surface area contributed by atoms with Gasteiger partial charge in [0.25, 0.3) is 0 Å². The Balaban J connectivity index is 1.65. The zero-order valence-electron chi connectivity index (χ0n) is 17.4. The highest BCUT2D eigenvalue weighted by Crippen LogP contribution is 2.38. The molecular formula is C25H22FN3O2. The number of carbonyl (C=O) groups excluding carboxylic acids is 1. The van der Waals surface area contributed by atoms with Gasteiger partial charge < -0.3 is 4.52 Å². The Labute approximate surface area is 179 Å². The van der Waals surface area contributed by atoms with Gasteiger partial charge in [-0.3, -0.25) is 15.1 Å². The van der Waals surface area contributed by atoms with Crippen molar-refractivity contribution >= 4 is 11.8 Å². The zero-order chi connectivity index (χ0) is 21.8. The normalized spacial score (nSPS) is 10.8. The summed E-state index contributed by atoms with van der Waals surface area (Å²) in [6.45, 7) is 3.90. The van der Waals surface area contributed by atoms with Crippen LogP contribution in [0.3, 0.4) is 0 Å². The van der Waals surface area contributed by atoms with Crippen LogP contribution in [0.2, 0.25) is 0 Å². The molecule has 0 aliphatic heterocycles. The van der Waals surface area contributed by atoms with Crippen LogP contribution in [0.1, 0.15) is 23.1 Å². The lowest BCUT2D eigenvalue weighted by Crippen LogP contribution is -2.12. The molecule has 4 aromatic rings. The van der Waals surface area contributed by atoms with Crippen LogP contribution in [0.25, 0.3) is 22.4 Å². The van der Waals surface area contributed by atoms with E-state index in [1.165, 1.54) is 6.07 Å². The number of nitrogens with one attached hydrogen (secondary N) is 1. The first-order chi connectivity index (χ1) is 15.0. The number of aromatic nitrogens is 2. The second kappa shape index (κ2) is 8.92. The van der Waals surface area contributed by atoms with Crippen molar-refractivity contribution in [2.75, 3.05) is 5.32 Å². The molecule has 1 N–H and O–H groups in total. The Morgan fingerprint density at radius 2 is 1.84 bits per heavy atom. The molecule has 31 heavy (non-hydrogen) atoms. The molecule has 0 radical (unpaired) electrons. The minimum atomic E-state index is -0.411. The molecule has 5 nitrogen and oxygen atoms in total. The highest BCUT2D eigenvalue weighted by molar-refractivity contribution is 5.97. The molecule has 0 atom stereocenters. The number of benzene rings is 2. The summed E-state index contributed by atoms with van der Waals surface area (Å²) in [7, 11) is 0. The number of aryl methyl sites for hydroxylation is 3. The fraction of sp³-hybridized carbons (Fsp3) is 0.160. The maximum atomic E-state index is 14.6. The minimum absolute atomic E-state index is 0.192. The van der Waals surface area contributed by atoms with Crippen LogP contribution in [0, 0.1) is 19.7 Å². The number of nitrogens with zero attached hydrogens (tertiary/aromatic N) is 2. The molecule has 2 heterocycles. The molecule has 156 valence electrons. The van der Waals surface area contributed by atoms with E-state index in [1.54, 1.807) is 36.7 Å². The van der Waals surface area contributed by atoms with E-state index in [0.29, 0.717) is 23.2 Å². The molecule has 0 spiro atoms. The van der Waals surface area contributed by atoms with E-state index in [2.05, 4.69) is 15.5 Å². The summed E-state index contributed by atoms with van der Waals surface area (Å²) in [6.07, 6.45) is 4.15. The van der Waals surface area contributed by atoms with Crippen LogP contribution in [0.5, 0.6) is 0 Å². The summed E-state index contributed by atoms with van der Waals surface area (Å²) in [6, 6.07) is 16.3. The smallest absolute Gasteiger partial charge is 0.239 e. The van der Waals surface area contributed by atoms with E-state index in [0.717, 1.165) is 22.3 Å². The Morgan fingerprint density at radius 1 is 1.06 bits per heavy atom. The van der Waals surface area contributed by atoms with Gasteiger partial charge in [-0.2, -0.15) is 0 Å². The predicted molar refractivity (Wildman–Crippen MR) is 118 cm³/mol. The van der Waals surface area contributed by atoms with Gasteiger partial charge in [0.2, 0.25) is 11.8 Å². The molecule has 0 aliphatic rings. The molecule has 0 fully saturated rings. The fourth-order valence-corrected chi connectivity index (χ4v) is 3.49. The molecule has 0 unspecified atom stereocenters. The quantitative estimate of drug-likeness (QED) is 0.437. The van der Waals surface area contributed by atoms with Crippen molar-refractivity contribution in [3.05, 3.63) is 89.5 Å². The maximum absolute atomic E-state index is 14.6. The number of pyridine rings is 1. The number of halogens is 1. The number of rotatable bonds is 6. The van der Waals surface area contributed by atoms with Gasteiger partial charge in [0.15, 0.2) is 0 Å². The average Bonchev–Trinajstić information content (AvgIpc) is 3.18. The SMILES string of the molecule is Cc1ccc(F)c(-c2noc(NC(=O)CCc3ccccc3C)c2-c2ccncc2)c1. The van der Waals surface area contributed by atoms with E-state index in [9.17, 15) is 9.18 Å². The van der Waals surface area contributed by atoms with Gasteiger partial charge in [0.05, 0.1) is 5.56 Å². The largest absolute Gasteiger partial charge is 0.337 e. The van der Waals surface area contributed by atoms with Crippen LogP contribution < -0.4 is 5.32 Å². The molecule has 0 aliphatic carbocycles. The van der Waals surface area contributed by atoms with E-state index in [4.69, 9.17) is 4.52 Å². The van der Waals surface area contributed by atoms with Gasteiger partial charge in [0, 0.05) is 24.4 Å². The molecule has 4 rings (SSSR count). The molecule has 2 aromatic carbocycles. The van der Waals surface area contributed by atoms with Crippen LogP contribution in [0.15, 0.2) is 71.5 Å². The Hall–Kier alpha value is -3.80. The first-order valence-electron chi connectivity index (χ1n) is 10.0. The van der Waals surface area contributed by atoms with Gasteiger partial charge in [-0.25, -0.2) is 4.39 Å². The Bertz CT molecular complexity index is 1220. The van der Waals surface area contributed by atoms with Crippen LogP contribution in [-0.4, -0.2) is 16.0 Å². The van der Waals surface area contributed by atoms with Gasteiger partial charge in [-0.15, -0.1) is 0 Å². The summed E-state index contributed by atoms with van der Waals surface area (Å²) in [5.74, 6) is -0.422. The standard InChI is InChI=1S/C25H22FN3O2/c1-16-7-9-21(26)20(15-16)24-23(19-11-13-27-14-12-19)25(31-29-24)28-22(30)10-8-18-6-4-3-5-17(18)2/h3-7,9,11-15H,8,10H2,1-2H3,(H,28,30). The van der Waals surface area contributed by atoms with Crippen molar-refractivity contribution in [3.8, 4) is 22.4 Å². The molecular weight excluding hydrogens is 393 g/mol. The monoisotopic (exact) mass is 415 g/mol. The van der Waals surface area contributed by atoms with Crippen molar-refractivity contribution in [1.82, 2.24) is 10.1 Å². The topological polar surface area (TPSA) is 68.0 Å². The molecule has 0 bridgehead atoms. The van der Waals surface area contributed by atoms with Gasteiger partial charge in [-0.1, -0.05) is 41.1 Å². The summed E-state index contributed by atoms with van der Waals surface area (Å²) in [4.78, 5) is 16.7. The number of hydrogen-bond donors (Lipinski definition) is 1. The number of amides is 1. The second-order valence-corrected chi connectivity index (χ2v) is 7.43. The lowest BCUT2D eigenvalue weighted by atomic mass is 10.00. The Kier molecular flexibility index (Phi) is 5.89. The van der Waals surface area contributed by atoms with E-state index >= 15 is 0 Å². The first-order valence-corrected chi connectivity index (χ1v) is 10.0. The lowest BCUT2D eigenvalue weighted by Gasteiger charge is -2.08. The number of hydrogen-bond acceptors (Lipinski definition) is 4. The number of carbonyl (C=O) groups is 1. The molecule has 6 heteroatoms. The second-order valence-electron chi connectivity index (χ2n) is 7.43. The van der Waals surface area contributed by atoms with Crippen molar-refractivity contribution in [1.29, 1.82) is 0 Å². The molecule has 1 amide bonds. The minimum Gasteiger partial charge on any atom is -0.337 e. The third-order valence-electron chi connectivity index (χ3n) is 5.17. The van der Waals surface area contributed by atoms with Crippen molar-refractivity contribution < 1.29 is 13.7 Å². The molecule has 0 saturated heterocycles. The van der Waals surface area contributed by atoms with E-state index in [-0.39, 0.29) is 18.2 Å². The van der Waals surface area contributed by atoms with E-state index < -0.39 is 5.82 Å². The predicted octanol–water partition coefficient (Wildman–Crippen LogP) is 5.73.